The lowest BCUT2D eigenvalue weighted by atomic mass is 10.1. The molecule has 0 aliphatic carbocycles. The van der Waals surface area contributed by atoms with Gasteiger partial charge in [-0.25, -0.2) is 4.98 Å². The molecule has 4 nitrogen and oxygen atoms in total. The number of carbonyl (C=O) groups excluding carboxylic acids is 1. The Morgan fingerprint density at radius 2 is 2.25 bits per heavy atom. The van der Waals surface area contributed by atoms with Gasteiger partial charge in [0.05, 0.1) is 0 Å². The minimum atomic E-state index is -0.0242. The molecule has 20 heavy (non-hydrogen) atoms. The van der Waals surface area contributed by atoms with Crippen molar-refractivity contribution in [1.82, 2.24) is 14.9 Å². The number of imidazole rings is 1. The summed E-state index contributed by atoms with van der Waals surface area (Å²) in [5.41, 5.74) is 1.83. The van der Waals surface area contributed by atoms with Gasteiger partial charge in [-0.3, -0.25) is 4.79 Å². The molecule has 0 aliphatic rings. The number of benzene rings is 1. The van der Waals surface area contributed by atoms with E-state index in [1.54, 1.807) is 18.0 Å². The highest BCUT2D eigenvalue weighted by Gasteiger charge is 2.08. The van der Waals surface area contributed by atoms with E-state index in [2.05, 4.69) is 10.3 Å². The Morgan fingerprint density at radius 1 is 1.45 bits per heavy atom. The maximum atomic E-state index is 12.0. The first-order chi connectivity index (χ1) is 9.56. The Hall–Kier alpha value is -1.75. The predicted octanol–water partition coefficient (Wildman–Crippen LogP) is 2.85. The zero-order valence-corrected chi connectivity index (χ0v) is 12.8. The van der Waals surface area contributed by atoms with Crippen molar-refractivity contribution in [2.45, 2.75) is 30.8 Å². The van der Waals surface area contributed by atoms with Crippen molar-refractivity contribution in [3.63, 3.8) is 0 Å². The van der Waals surface area contributed by atoms with E-state index in [0.29, 0.717) is 5.56 Å². The van der Waals surface area contributed by atoms with Crippen LogP contribution in [0.15, 0.2) is 41.8 Å². The summed E-state index contributed by atoms with van der Waals surface area (Å²) in [7, 11) is 1.97. The summed E-state index contributed by atoms with van der Waals surface area (Å²) < 4.78 is 1.99. The molecule has 2 rings (SSSR count). The number of rotatable bonds is 5. The number of nitrogens with zero attached hydrogens (tertiary/aromatic N) is 2. The zero-order chi connectivity index (χ0) is 14.5. The van der Waals surface area contributed by atoms with E-state index in [4.69, 9.17) is 0 Å². The molecule has 1 aromatic heterocycles. The van der Waals surface area contributed by atoms with Gasteiger partial charge in [0, 0.05) is 36.8 Å². The van der Waals surface area contributed by atoms with Gasteiger partial charge in [-0.2, -0.15) is 0 Å². The van der Waals surface area contributed by atoms with Crippen molar-refractivity contribution >= 4 is 17.7 Å². The molecule has 2 aromatic rings. The van der Waals surface area contributed by atoms with Gasteiger partial charge < -0.3 is 9.88 Å². The van der Waals surface area contributed by atoms with Gasteiger partial charge in [-0.15, -0.1) is 0 Å². The molecule has 1 heterocycles. The summed E-state index contributed by atoms with van der Waals surface area (Å²) in [6, 6.07) is 7.87. The summed E-state index contributed by atoms with van der Waals surface area (Å²) in [6.07, 6.45) is 3.71. The number of amides is 1. The maximum absolute atomic E-state index is 12.0. The average Bonchev–Trinajstić information content (AvgIpc) is 2.81. The highest BCUT2D eigenvalue weighted by molar-refractivity contribution is 7.98. The molecule has 106 valence electrons. The van der Waals surface area contributed by atoms with Crippen LogP contribution in [0, 0.1) is 0 Å². The number of hydrogen-bond donors (Lipinski definition) is 1. The highest BCUT2D eigenvalue weighted by Crippen LogP contribution is 2.21. The van der Waals surface area contributed by atoms with Gasteiger partial charge in [0.2, 0.25) is 0 Å². The van der Waals surface area contributed by atoms with Crippen molar-refractivity contribution in [3.8, 4) is 0 Å². The fourth-order valence-corrected chi connectivity index (χ4v) is 2.66. The Labute approximate surface area is 123 Å². The average molecular weight is 289 g/mol. The van der Waals surface area contributed by atoms with Gasteiger partial charge in [-0.05, 0) is 31.5 Å². The van der Waals surface area contributed by atoms with Gasteiger partial charge in [0.1, 0.15) is 0 Å². The third kappa shape index (κ3) is 3.87. The number of carbonyl (C=O) groups is 1. The minimum absolute atomic E-state index is 0.0242. The third-order valence-corrected chi connectivity index (χ3v) is 3.88. The molecule has 0 fully saturated rings. The van der Waals surface area contributed by atoms with Crippen LogP contribution in [0.3, 0.4) is 0 Å². The molecule has 5 heteroatoms. The molecule has 0 bridgehead atoms. The lowest BCUT2D eigenvalue weighted by molar-refractivity contribution is 0.0943. The number of hydrogen-bond acceptors (Lipinski definition) is 3. The van der Waals surface area contributed by atoms with E-state index in [0.717, 1.165) is 16.5 Å². The molecule has 0 saturated carbocycles. The molecular formula is C15H19N3OS. The standard InChI is InChI=1S/C15H19N3OS/c1-11(2)17-14(19)13-6-4-5-12(9-13)10-20-15-16-7-8-18(15)3/h4-9,11H,10H2,1-3H3,(H,17,19). The number of thioether (sulfide) groups is 1. The zero-order valence-electron chi connectivity index (χ0n) is 12.0. The van der Waals surface area contributed by atoms with E-state index in [1.807, 2.05) is 55.9 Å². The third-order valence-electron chi connectivity index (χ3n) is 2.75. The number of aromatic nitrogens is 2. The maximum Gasteiger partial charge on any atom is 0.251 e. The van der Waals surface area contributed by atoms with Crippen molar-refractivity contribution in [2.75, 3.05) is 0 Å². The van der Waals surface area contributed by atoms with E-state index in [1.165, 1.54) is 0 Å². The molecule has 1 aromatic carbocycles. The van der Waals surface area contributed by atoms with Crippen LogP contribution in [-0.4, -0.2) is 21.5 Å². The van der Waals surface area contributed by atoms with Crippen LogP contribution < -0.4 is 5.32 Å². The summed E-state index contributed by atoms with van der Waals surface area (Å²) >= 11 is 1.66. The number of nitrogens with one attached hydrogen (secondary N) is 1. The fraction of sp³-hybridized carbons (Fsp3) is 0.333. The fourth-order valence-electron chi connectivity index (χ4n) is 1.79. The first kappa shape index (κ1) is 14.7. The Morgan fingerprint density at radius 3 is 2.90 bits per heavy atom. The van der Waals surface area contributed by atoms with Crippen molar-refractivity contribution in [3.05, 3.63) is 47.8 Å². The normalized spacial score (nSPS) is 10.8. The van der Waals surface area contributed by atoms with Crippen molar-refractivity contribution in [1.29, 1.82) is 0 Å². The first-order valence-corrected chi connectivity index (χ1v) is 7.54. The van der Waals surface area contributed by atoms with Gasteiger partial charge in [-0.1, -0.05) is 23.9 Å². The van der Waals surface area contributed by atoms with Crippen LogP contribution in [0.25, 0.3) is 0 Å². The molecule has 0 saturated heterocycles. The summed E-state index contributed by atoms with van der Waals surface area (Å²) in [6.45, 7) is 3.91. The molecular weight excluding hydrogens is 270 g/mol. The van der Waals surface area contributed by atoms with Crippen LogP contribution in [0.4, 0.5) is 0 Å². The summed E-state index contributed by atoms with van der Waals surface area (Å²) in [5, 5.41) is 3.88. The van der Waals surface area contributed by atoms with Gasteiger partial charge >= 0.3 is 0 Å². The molecule has 0 unspecified atom stereocenters. The lowest BCUT2D eigenvalue weighted by Crippen LogP contribution is -2.30. The van der Waals surface area contributed by atoms with E-state index in [9.17, 15) is 4.79 Å². The SMILES string of the molecule is CC(C)NC(=O)c1cccc(CSc2nccn2C)c1. The smallest absolute Gasteiger partial charge is 0.251 e. The second kappa shape index (κ2) is 6.61. The monoisotopic (exact) mass is 289 g/mol. The molecule has 1 amide bonds. The summed E-state index contributed by atoms with van der Waals surface area (Å²) in [4.78, 5) is 16.2. The van der Waals surface area contributed by atoms with E-state index in [-0.39, 0.29) is 11.9 Å². The van der Waals surface area contributed by atoms with Crippen LogP contribution in [0.2, 0.25) is 0 Å². The topological polar surface area (TPSA) is 46.9 Å². The largest absolute Gasteiger partial charge is 0.350 e. The second-order valence-corrected chi connectivity index (χ2v) is 5.88. The van der Waals surface area contributed by atoms with E-state index < -0.39 is 0 Å². The van der Waals surface area contributed by atoms with E-state index >= 15 is 0 Å². The highest BCUT2D eigenvalue weighted by atomic mass is 32.2. The molecule has 0 atom stereocenters. The van der Waals surface area contributed by atoms with Crippen molar-refractivity contribution < 1.29 is 4.79 Å². The molecule has 0 radical (unpaired) electrons. The number of aryl methyl sites for hydroxylation is 1. The van der Waals surface area contributed by atoms with Crippen molar-refractivity contribution in [2.24, 2.45) is 7.05 Å². The lowest BCUT2D eigenvalue weighted by Gasteiger charge is -2.09. The Bertz CT molecular complexity index is 592. The van der Waals surface area contributed by atoms with Crippen LogP contribution >= 0.6 is 11.8 Å². The molecule has 1 N–H and O–H groups in total. The minimum Gasteiger partial charge on any atom is -0.350 e. The summed E-state index contributed by atoms with van der Waals surface area (Å²) in [5.74, 6) is 0.775. The molecule has 0 spiro atoms. The van der Waals surface area contributed by atoms with Crippen LogP contribution in [0.1, 0.15) is 29.8 Å². The quantitative estimate of drug-likeness (QED) is 0.861. The van der Waals surface area contributed by atoms with Gasteiger partial charge in [0.25, 0.3) is 5.91 Å². The van der Waals surface area contributed by atoms with Gasteiger partial charge in [0.15, 0.2) is 5.16 Å². The predicted molar refractivity (Wildman–Crippen MR) is 81.8 cm³/mol. The Balaban J connectivity index is 2.02. The first-order valence-electron chi connectivity index (χ1n) is 6.56. The Kier molecular flexibility index (Phi) is 4.84. The molecule has 0 aliphatic heterocycles. The van der Waals surface area contributed by atoms with Crippen LogP contribution in [0.5, 0.6) is 0 Å². The van der Waals surface area contributed by atoms with Crippen LogP contribution in [-0.2, 0) is 12.8 Å². The second-order valence-electron chi connectivity index (χ2n) is 4.94.